The van der Waals surface area contributed by atoms with Gasteiger partial charge < -0.3 is 58.4 Å². The molecule has 7 aromatic heterocycles. The maximum Gasteiger partial charge on any atom is 0.408 e. The number of carbonyl (C=O) groups excluding carboxylic acids is 1. The fourth-order valence-corrected chi connectivity index (χ4v) is 13.9. The molecule has 482 valence electrons. The van der Waals surface area contributed by atoms with Crippen LogP contribution in [0.4, 0.5) is 39.7 Å². The summed E-state index contributed by atoms with van der Waals surface area (Å²) in [6.07, 6.45) is 15.8. The van der Waals surface area contributed by atoms with E-state index >= 15 is 0 Å². The lowest BCUT2D eigenvalue weighted by atomic mass is 9.89. The zero-order chi connectivity index (χ0) is 64.3. The number of ether oxygens (including phenoxy) is 1. The maximum absolute atomic E-state index is 12.1. The number of pyridine rings is 6. The molecule has 0 unspecified atom stereocenters. The number of nitrogens with one attached hydrogen (secondary N) is 3. The van der Waals surface area contributed by atoms with Crippen LogP contribution in [-0.2, 0) is 17.8 Å². The van der Waals surface area contributed by atoms with Gasteiger partial charge in [0.2, 0.25) is 0 Å². The minimum absolute atomic E-state index is 0. The van der Waals surface area contributed by atoms with E-state index < -0.39 is 5.60 Å². The van der Waals surface area contributed by atoms with Gasteiger partial charge in [-0.3, -0.25) is 15.1 Å². The molecule has 21 nitrogen and oxygen atoms in total. The third kappa shape index (κ3) is 16.6. The average molecular weight is 1410 g/mol. The topological polar surface area (TPSA) is 312 Å². The highest BCUT2D eigenvalue weighted by Gasteiger charge is 2.36. The number of nitrogen functional groups attached to an aromatic ring is 3. The van der Waals surface area contributed by atoms with Crippen LogP contribution < -0.4 is 48.7 Å². The molecule has 0 bridgehead atoms. The van der Waals surface area contributed by atoms with E-state index in [2.05, 4.69) is 91.9 Å². The minimum atomic E-state index is -0.486. The second kappa shape index (κ2) is 28.9. The summed E-state index contributed by atoms with van der Waals surface area (Å²) in [7, 11) is 0. The first kappa shape index (κ1) is 69.9. The molecule has 5 aliphatic rings. The number of nitrogens with zero attached hydrogens (tertiary/aromatic N) is 11. The predicted octanol–water partition coefficient (Wildman–Crippen LogP) is 13.4. The quantitative estimate of drug-likeness (QED) is 0.0656. The molecule has 12 heterocycles. The number of anilines is 6. The maximum atomic E-state index is 12.1. The molecule has 90 heavy (non-hydrogen) atoms. The van der Waals surface area contributed by atoms with E-state index in [1.54, 1.807) is 36.4 Å². The van der Waals surface area contributed by atoms with Crippen molar-refractivity contribution < 1.29 is 9.53 Å². The highest BCUT2D eigenvalue weighted by atomic mass is 79.9. The molecular formula is C62H81BrCl3N19O2S3. The molecular weight excluding hydrogens is 1330 g/mol. The average Bonchev–Trinajstić information content (AvgIpc) is 1.49. The molecule has 5 aliphatic heterocycles. The largest absolute Gasteiger partial charge is 0.444 e. The summed E-state index contributed by atoms with van der Waals surface area (Å²) in [4.78, 5) is 57.2. The zero-order valence-corrected chi connectivity index (χ0v) is 57.8. The third-order valence-corrected chi connectivity index (χ3v) is 21.5. The number of hydrogen-bond donors (Lipinski definition) is 8. The number of hydrogen-bond acceptors (Lipinski definition) is 21. The summed E-state index contributed by atoms with van der Waals surface area (Å²) in [6.45, 7) is 24.7. The number of rotatable bonds is 8. The van der Waals surface area contributed by atoms with E-state index in [0.717, 1.165) is 158 Å². The van der Waals surface area contributed by atoms with Gasteiger partial charge in [-0.2, -0.15) is 5.10 Å². The number of fused-ring (bicyclic) bond motifs is 3. The number of aromatic nitrogens is 8. The smallest absolute Gasteiger partial charge is 0.408 e. The minimum Gasteiger partial charge on any atom is -0.444 e. The number of piperidine rings is 3. The van der Waals surface area contributed by atoms with Crippen LogP contribution in [0, 0.1) is 25.3 Å². The Bertz CT molecular complexity index is 3880. The number of aromatic amines is 2. The summed E-state index contributed by atoms with van der Waals surface area (Å²) >= 11 is 29.8. The van der Waals surface area contributed by atoms with Gasteiger partial charge in [0.05, 0.1) is 71.7 Å². The van der Waals surface area contributed by atoms with Gasteiger partial charge in [0, 0.05) is 128 Å². The highest BCUT2D eigenvalue weighted by molar-refractivity contribution is 9.10. The van der Waals surface area contributed by atoms with Gasteiger partial charge in [-0.25, -0.2) is 29.7 Å². The number of carbonyl (C=O) groups is 1. The lowest BCUT2D eigenvalue weighted by Crippen LogP contribution is -2.54. The normalized spacial score (nSPS) is 16.8. The van der Waals surface area contributed by atoms with Gasteiger partial charge in [0.1, 0.15) is 40.5 Å². The number of H-pyrrole nitrogens is 2. The Morgan fingerprint density at radius 1 is 0.700 bits per heavy atom. The van der Waals surface area contributed by atoms with Crippen LogP contribution in [0.3, 0.4) is 0 Å². The second-order valence-corrected chi connectivity index (χ2v) is 29.1. The first-order valence-electron chi connectivity index (χ1n) is 29.2. The van der Waals surface area contributed by atoms with Crippen LogP contribution in [0.1, 0.15) is 127 Å². The lowest BCUT2D eigenvalue weighted by Gasteiger charge is -2.41. The summed E-state index contributed by atoms with van der Waals surface area (Å²) in [6, 6.07) is 5.42. The van der Waals surface area contributed by atoms with Crippen LogP contribution >= 0.6 is 86.5 Å². The number of amides is 1. The molecule has 0 aliphatic carbocycles. The van der Waals surface area contributed by atoms with Crippen molar-refractivity contribution in [2.75, 3.05) is 71.2 Å². The highest BCUT2D eigenvalue weighted by Crippen LogP contribution is 2.44. The van der Waals surface area contributed by atoms with Crippen molar-refractivity contribution in [3.63, 3.8) is 0 Å². The molecule has 12 rings (SSSR count). The number of halogens is 4. The van der Waals surface area contributed by atoms with Gasteiger partial charge in [-0.05, 0) is 135 Å². The Labute approximate surface area is 563 Å². The molecule has 3 saturated heterocycles. The van der Waals surface area contributed by atoms with Crippen molar-refractivity contribution in [1.29, 1.82) is 0 Å². The van der Waals surface area contributed by atoms with Crippen molar-refractivity contribution in [2.45, 2.75) is 163 Å². The van der Waals surface area contributed by atoms with Crippen LogP contribution in [0.5, 0.6) is 0 Å². The monoisotopic (exact) mass is 1400 g/mol. The Hall–Kier alpha value is -6.03. The van der Waals surface area contributed by atoms with Gasteiger partial charge in [-0.1, -0.05) is 78.0 Å². The SMILES string of the molecule is C.Cc1nc(N2CCC(C)(N)CC2)c2c(c1Sc1ccnc(N)c1Cl)CN=C2.Cc1nc(N2CCC(C)(N)CC2)c2cn[nH]c2c1Sc1ccnc(N)c1Cl.Cc1nc(N2CCC(C)(NC(=O)OC(C)(C)C)CC2)c2c(c1Br)CN=C2.Nc1[nH]ccc(=S)c1Cl. The molecule has 0 atom stereocenters. The van der Waals surface area contributed by atoms with Crippen LogP contribution in [-0.4, -0.2) is 120 Å². The Balaban J connectivity index is 0.000000162. The van der Waals surface area contributed by atoms with Crippen LogP contribution in [0.15, 0.2) is 77.0 Å². The number of alkyl carbamates (subject to hydrolysis) is 1. The second-order valence-electron chi connectivity index (χ2n) is 24.7. The van der Waals surface area contributed by atoms with E-state index in [1.165, 1.54) is 22.9 Å². The molecule has 1 amide bonds. The summed E-state index contributed by atoms with van der Waals surface area (Å²) in [5.74, 6) is 4.06. The number of nitrogens with two attached hydrogens (primary N) is 5. The van der Waals surface area contributed by atoms with Crippen molar-refractivity contribution in [1.82, 2.24) is 45.4 Å². The van der Waals surface area contributed by atoms with E-state index in [0.29, 0.717) is 50.1 Å². The van der Waals surface area contributed by atoms with E-state index in [9.17, 15) is 4.79 Å². The Morgan fingerprint density at radius 3 is 1.69 bits per heavy atom. The number of aliphatic imine (C=N–C) groups is 2. The fourth-order valence-electron chi connectivity index (χ4n) is 10.7. The van der Waals surface area contributed by atoms with Crippen molar-refractivity contribution in [3.05, 3.63) is 106 Å². The predicted molar refractivity (Wildman–Crippen MR) is 378 cm³/mol. The summed E-state index contributed by atoms with van der Waals surface area (Å²) < 4.78 is 7.04. The van der Waals surface area contributed by atoms with E-state index in [4.69, 9.17) is 95.4 Å². The van der Waals surface area contributed by atoms with Crippen molar-refractivity contribution in [2.24, 2.45) is 21.5 Å². The van der Waals surface area contributed by atoms with Gasteiger partial charge in [-0.15, -0.1) is 0 Å². The first-order valence-corrected chi connectivity index (χ1v) is 33.2. The van der Waals surface area contributed by atoms with E-state index in [-0.39, 0.29) is 30.1 Å². The standard InChI is InChI=1S/C19H27BrN4O2.C19H23ClN6S.C18H22ClN7S.C5H5ClN2S.CH4/c1-12-15(20)13-10-21-11-14(13)16(22-12)24-8-6-19(5,7-9-24)23-17(25)26-18(2,3)4;1-11-16(27-14-3-6-24-17(21)15(14)20)12-9-23-10-13(12)18(25-11)26-7-4-19(2,22)5-8-26;1-10-15(27-12-3-6-22-16(20)13(12)19)14-11(9-23-25-14)17(24-10)26-7-4-18(2,21)5-8-26;6-4-3(9)1-2-8-5(4)7;/h11H,6-10H2,1-5H3,(H,23,25);3,6,10H,4-5,7-9,22H2,1-2H3,(H2,21,24);3,6,9H,4-5,7-8,21H2,1-2H3,(H2,20,22)(H,23,25);1-2H,(H3,7,8,9);1H4. The van der Waals surface area contributed by atoms with Gasteiger partial charge in [0.15, 0.2) is 0 Å². The Kier molecular flexibility index (Phi) is 22.4. The molecule has 3 fully saturated rings. The molecule has 28 heteroatoms. The van der Waals surface area contributed by atoms with Gasteiger partial charge >= 0.3 is 6.09 Å². The third-order valence-electron chi connectivity index (χ3n) is 16.0. The fraction of sp³-hybridized carbons (Fsp3) is 0.452. The molecule has 0 saturated carbocycles. The molecule has 0 spiro atoms. The Morgan fingerprint density at radius 2 is 1.17 bits per heavy atom. The first-order chi connectivity index (χ1) is 42.0. The molecule has 0 radical (unpaired) electrons. The molecule has 7 aromatic rings. The van der Waals surface area contributed by atoms with Crippen molar-refractivity contribution >= 4 is 151 Å². The number of aryl methyl sites for hydroxylation is 3. The summed E-state index contributed by atoms with van der Waals surface area (Å²) in [5.41, 5.74) is 37.2. The van der Waals surface area contributed by atoms with Gasteiger partial charge in [0.25, 0.3) is 0 Å². The summed E-state index contributed by atoms with van der Waals surface area (Å²) in [5, 5.41) is 12.8. The van der Waals surface area contributed by atoms with E-state index in [1.807, 2.05) is 72.3 Å². The molecule has 0 aromatic carbocycles. The van der Waals surface area contributed by atoms with Crippen molar-refractivity contribution in [3.8, 4) is 0 Å². The molecule has 13 N–H and O–H groups in total. The lowest BCUT2D eigenvalue weighted by molar-refractivity contribution is 0.0448. The van der Waals surface area contributed by atoms with Crippen LogP contribution in [0.25, 0.3) is 10.9 Å². The van der Waals surface area contributed by atoms with Crippen LogP contribution in [0.2, 0.25) is 15.1 Å². The zero-order valence-electron chi connectivity index (χ0n) is 51.5.